The first-order chi connectivity index (χ1) is 13.4. The molecule has 3 fully saturated rings. The van der Waals surface area contributed by atoms with Crippen LogP contribution in [0, 0.1) is 11.3 Å². The molecular weight excluding hydrogens is 372 g/mol. The molecule has 1 aromatic carbocycles. The predicted octanol–water partition coefficient (Wildman–Crippen LogP) is 3.12. The molecule has 1 aromatic rings. The summed E-state index contributed by atoms with van der Waals surface area (Å²) in [4.78, 5) is 2.57. The van der Waals surface area contributed by atoms with Gasteiger partial charge in [0, 0.05) is 26.2 Å². The standard InChI is InChI=1S/C22H34N2O3S/c1-19-6-5-11-23(15-19)16-21-14-22(18-27-21)9-12-24(13-10-22)28(25,26)17-20-7-3-2-4-8-20/h2-4,7-8,19,21H,5-6,9-18H2,1H3/t19-,21-/m1/s1. The Morgan fingerprint density at radius 3 is 2.61 bits per heavy atom. The van der Waals surface area contributed by atoms with Gasteiger partial charge in [-0.3, -0.25) is 0 Å². The van der Waals surface area contributed by atoms with Crippen molar-refractivity contribution in [1.29, 1.82) is 0 Å². The van der Waals surface area contributed by atoms with E-state index in [1.54, 1.807) is 4.31 Å². The van der Waals surface area contributed by atoms with Crippen molar-refractivity contribution in [3.8, 4) is 0 Å². The normalized spacial score (nSPS) is 29.3. The number of likely N-dealkylation sites (tertiary alicyclic amines) is 1. The van der Waals surface area contributed by atoms with Gasteiger partial charge in [-0.2, -0.15) is 0 Å². The lowest BCUT2D eigenvalue weighted by Gasteiger charge is -2.38. The molecule has 4 rings (SSSR count). The molecule has 2 atom stereocenters. The Labute approximate surface area is 170 Å². The molecule has 5 nitrogen and oxygen atoms in total. The first-order valence-electron chi connectivity index (χ1n) is 10.8. The number of piperidine rings is 2. The van der Waals surface area contributed by atoms with Crippen LogP contribution < -0.4 is 0 Å². The van der Waals surface area contributed by atoms with E-state index in [0.717, 1.165) is 43.9 Å². The van der Waals surface area contributed by atoms with E-state index in [0.29, 0.717) is 19.2 Å². The van der Waals surface area contributed by atoms with Gasteiger partial charge in [0.05, 0.1) is 18.5 Å². The number of nitrogens with zero attached hydrogens (tertiary/aromatic N) is 2. The molecule has 156 valence electrons. The van der Waals surface area contributed by atoms with E-state index in [-0.39, 0.29) is 11.2 Å². The minimum atomic E-state index is -3.24. The second-order valence-electron chi connectivity index (χ2n) is 9.28. The SMILES string of the molecule is C[C@@H]1CCCN(C[C@H]2CC3(CCN(S(=O)(=O)Cc4ccccc4)CC3)CO2)C1. The lowest BCUT2D eigenvalue weighted by Crippen LogP contribution is -2.44. The smallest absolute Gasteiger partial charge is 0.218 e. The highest BCUT2D eigenvalue weighted by Crippen LogP contribution is 2.43. The van der Waals surface area contributed by atoms with Crippen LogP contribution in [-0.2, 0) is 20.5 Å². The Kier molecular flexibility index (Phi) is 6.12. The molecule has 1 spiro atoms. The zero-order chi connectivity index (χ0) is 19.6. The third-order valence-electron chi connectivity index (χ3n) is 6.86. The maximum Gasteiger partial charge on any atom is 0.218 e. The van der Waals surface area contributed by atoms with Crippen molar-refractivity contribution in [3.63, 3.8) is 0 Å². The summed E-state index contributed by atoms with van der Waals surface area (Å²) in [5, 5.41) is 0. The molecule has 3 aliphatic heterocycles. The van der Waals surface area contributed by atoms with Gasteiger partial charge in [0.2, 0.25) is 10.0 Å². The van der Waals surface area contributed by atoms with Crippen molar-refractivity contribution < 1.29 is 13.2 Å². The average Bonchev–Trinajstić information content (AvgIpc) is 3.04. The van der Waals surface area contributed by atoms with Gasteiger partial charge in [-0.1, -0.05) is 37.3 Å². The van der Waals surface area contributed by atoms with Gasteiger partial charge in [0.25, 0.3) is 0 Å². The summed E-state index contributed by atoms with van der Waals surface area (Å²) >= 11 is 0. The summed E-state index contributed by atoms with van der Waals surface area (Å²) in [5.41, 5.74) is 1.05. The van der Waals surface area contributed by atoms with Crippen molar-refractivity contribution in [2.24, 2.45) is 11.3 Å². The van der Waals surface area contributed by atoms with Crippen molar-refractivity contribution in [2.75, 3.05) is 39.3 Å². The van der Waals surface area contributed by atoms with Gasteiger partial charge in [0.15, 0.2) is 0 Å². The summed E-state index contributed by atoms with van der Waals surface area (Å²) < 4.78 is 33.5. The Hall–Kier alpha value is -0.950. The molecule has 0 radical (unpaired) electrons. The van der Waals surface area contributed by atoms with Crippen LogP contribution in [0.4, 0.5) is 0 Å². The highest BCUT2D eigenvalue weighted by molar-refractivity contribution is 7.88. The zero-order valence-corrected chi connectivity index (χ0v) is 17.9. The predicted molar refractivity (Wildman–Crippen MR) is 112 cm³/mol. The van der Waals surface area contributed by atoms with Gasteiger partial charge in [-0.15, -0.1) is 0 Å². The molecule has 0 saturated carbocycles. The largest absolute Gasteiger partial charge is 0.376 e. The minimum absolute atomic E-state index is 0.104. The summed E-state index contributed by atoms with van der Waals surface area (Å²) in [6, 6.07) is 9.49. The monoisotopic (exact) mass is 406 g/mol. The van der Waals surface area contributed by atoms with E-state index in [2.05, 4.69) is 11.8 Å². The fourth-order valence-corrected chi connectivity index (χ4v) is 6.75. The number of hydrogen-bond acceptors (Lipinski definition) is 4. The number of rotatable bonds is 5. The van der Waals surface area contributed by atoms with E-state index in [9.17, 15) is 8.42 Å². The van der Waals surface area contributed by atoms with Crippen molar-refractivity contribution in [3.05, 3.63) is 35.9 Å². The molecule has 0 N–H and O–H groups in total. The molecule has 3 aliphatic rings. The van der Waals surface area contributed by atoms with Crippen molar-refractivity contribution in [2.45, 2.75) is 50.9 Å². The van der Waals surface area contributed by atoms with Crippen molar-refractivity contribution >= 4 is 10.0 Å². The van der Waals surface area contributed by atoms with E-state index < -0.39 is 10.0 Å². The highest BCUT2D eigenvalue weighted by Gasteiger charge is 2.44. The average molecular weight is 407 g/mol. The molecule has 6 heteroatoms. The van der Waals surface area contributed by atoms with Gasteiger partial charge < -0.3 is 9.64 Å². The van der Waals surface area contributed by atoms with E-state index >= 15 is 0 Å². The minimum Gasteiger partial charge on any atom is -0.376 e. The van der Waals surface area contributed by atoms with E-state index in [1.165, 1.54) is 25.9 Å². The Bertz CT molecular complexity index is 744. The molecular formula is C22H34N2O3S. The van der Waals surface area contributed by atoms with Gasteiger partial charge in [-0.25, -0.2) is 12.7 Å². The number of benzene rings is 1. The second-order valence-corrected chi connectivity index (χ2v) is 11.3. The highest BCUT2D eigenvalue weighted by atomic mass is 32.2. The number of sulfonamides is 1. The lowest BCUT2D eigenvalue weighted by atomic mass is 9.77. The molecule has 28 heavy (non-hydrogen) atoms. The first-order valence-corrected chi connectivity index (χ1v) is 12.4. The molecule has 0 aromatic heterocycles. The Morgan fingerprint density at radius 1 is 1.14 bits per heavy atom. The summed E-state index contributed by atoms with van der Waals surface area (Å²) in [7, 11) is -3.24. The van der Waals surface area contributed by atoms with Crippen LogP contribution in [0.1, 0.15) is 44.6 Å². The first kappa shape index (κ1) is 20.3. The third kappa shape index (κ3) is 4.78. The maximum absolute atomic E-state index is 12.8. The molecule has 0 amide bonds. The molecule has 0 aliphatic carbocycles. The van der Waals surface area contributed by atoms with Crippen LogP contribution in [0.5, 0.6) is 0 Å². The molecule has 3 saturated heterocycles. The van der Waals surface area contributed by atoms with Crippen LogP contribution in [0.3, 0.4) is 0 Å². The van der Waals surface area contributed by atoms with Crippen LogP contribution in [-0.4, -0.2) is 63.1 Å². The zero-order valence-electron chi connectivity index (χ0n) is 17.1. The van der Waals surface area contributed by atoms with Gasteiger partial charge in [0.1, 0.15) is 0 Å². The summed E-state index contributed by atoms with van der Waals surface area (Å²) in [6.07, 6.45) is 5.90. The quantitative estimate of drug-likeness (QED) is 0.754. The van der Waals surface area contributed by atoms with Crippen LogP contribution in [0.25, 0.3) is 0 Å². The third-order valence-corrected chi connectivity index (χ3v) is 8.71. The Balaban J connectivity index is 1.29. The van der Waals surface area contributed by atoms with E-state index in [4.69, 9.17) is 4.74 Å². The molecule has 3 heterocycles. The summed E-state index contributed by atoms with van der Waals surface area (Å²) in [6.45, 7) is 7.84. The lowest BCUT2D eigenvalue weighted by molar-refractivity contribution is 0.0482. The fourth-order valence-electron chi connectivity index (χ4n) is 5.22. The maximum atomic E-state index is 12.8. The second kappa shape index (κ2) is 8.42. The Morgan fingerprint density at radius 2 is 1.89 bits per heavy atom. The molecule has 0 unspecified atom stereocenters. The van der Waals surface area contributed by atoms with Crippen LogP contribution in [0.15, 0.2) is 30.3 Å². The van der Waals surface area contributed by atoms with Gasteiger partial charge in [-0.05, 0) is 55.5 Å². The topological polar surface area (TPSA) is 49.9 Å². The van der Waals surface area contributed by atoms with E-state index in [1.807, 2.05) is 30.3 Å². The fraction of sp³-hybridized carbons (Fsp3) is 0.727. The number of hydrogen-bond donors (Lipinski definition) is 0. The van der Waals surface area contributed by atoms with Crippen LogP contribution >= 0.6 is 0 Å². The molecule has 0 bridgehead atoms. The van der Waals surface area contributed by atoms with Crippen molar-refractivity contribution in [1.82, 2.24) is 9.21 Å². The van der Waals surface area contributed by atoms with Gasteiger partial charge >= 0.3 is 0 Å². The van der Waals surface area contributed by atoms with Crippen LogP contribution in [0.2, 0.25) is 0 Å². The summed E-state index contributed by atoms with van der Waals surface area (Å²) in [5.74, 6) is 0.898. The number of ether oxygens (including phenoxy) is 1.